The molecule has 6 aromatic rings. The third kappa shape index (κ3) is 5.96. The van der Waals surface area contributed by atoms with E-state index in [1.54, 1.807) is 0 Å². The van der Waals surface area contributed by atoms with E-state index in [0.717, 1.165) is 16.3 Å². The Morgan fingerprint density at radius 3 is 1.17 bits per heavy atom. The Labute approximate surface area is 277 Å². The summed E-state index contributed by atoms with van der Waals surface area (Å²) in [4.78, 5) is 0. The van der Waals surface area contributed by atoms with Gasteiger partial charge in [0.25, 0.3) is 0 Å². The van der Waals surface area contributed by atoms with Crippen molar-refractivity contribution in [2.24, 2.45) is 0 Å². The molecule has 1 saturated heterocycles. The van der Waals surface area contributed by atoms with Gasteiger partial charge in [0.2, 0.25) is 0 Å². The van der Waals surface area contributed by atoms with E-state index in [1.807, 2.05) is 152 Å². The Morgan fingerprint density at radius 2 is 0.783 bits per heavy atom. The summed E-state index contributed by atoms with van der Waals surface area (Å²) >= 11 is -2.50. The Hall–Kier alpha value is -4.01. The fraction of sp³-hybridized carbons (Fsp3) is 0.128. The summed E-state index contributed by atoms with van der Waals surface area (Å²) in [6, 6.07) is 52.1. The van der Waals surface area contributed by atoms with Gasteiger partial charge in [0, 0.05) is 5.56 Å². The number of hydrogen-bond acceptors (Lipinski definition) is 4. The molecule has 4 nitrogen and oxygen atoms in total. The van der Waals surface area contributed by atoms with Gasteiger partial charge in [-0.1, -0.05) is 164 Å². The molecular formula is C39H32F2O4Ti. The van der Waals surface area contributed by atoms with Crippen molar-refractivity contribution in [2.75, 3.05) is 0 Å². The van der Waals surface area contributed by atoms with Crippen molar-refractivity contribution < 1.29 is 46.1 Å². The molecule has 0 radical (unpaired) electrons. The predicted octanol–water partition coefficient (Wildman–Crippen LogP) is 8.33. The molecule has 0 amide bonds. The Balaban J connectivity index is 0.00000119. The van der Waals surface area contributed by atoms with Crippen molar-refractivity contribution in [3.8, 4) is 0 Å². The van der Waals surface area contributed by atoms with E-state index in [2.05, 4.69) is 12.1 Å². The van der Waals surface area contributed by atoms with E-state index in [1.165, 1.54) is 0 Å². The van der Waals surface area contributed by atoms with Crippen LogP contribution in [0.5, 0.6) is 0 Å². The first-order chi connectivity index (χ1) is 22.5. The van der Waals surface area contributed by atoms with Crippen molar-refractivity contribution in [2.45, 2.75) is 29.7 Å². The molecule has 7 rings (SSSR count). The fourth-order valence-electron chi connectivity index (χ4n) is 6.44. The van der Waals surface area contributed by atoms with Gasteiger partial charge in [0.15, 0.2) is 6.29 Å². The van der Waals surface area contributed by atoms with Gasteiger partial charge in [-0.05, 0) is 33.0 Å². The van der Waals surface area contributed by atoms with Crippen LogP contribution in [0.25, 0.3) is 10.8 Å². The minimum atomic E-state index is -2.50. The zero-order chi connectivity index (χ0) is 32.0. The maximum atomic E-state index is 13.0. The normalized spacial score (nSPS) is 16.9. The Morgan fingerprint density at radius 1 is 0.457 bits per heavy atom. The molecule has 0 unspecified atom stereocenters. The summed E-state index contributed by atoms with van der Waals surface area (Å²) in [5.41, 5.74) is 0.0404. The fourth-order valence-corrected chi connectivity index (χ4v) is 6.44. The zero-order valence-corrected chi connectivity index (χ0v) is 26.3. The molecule has 230 valence electrons. The van der Waals surface area contributed by atoms with Crippen LogP contribution in [-0.2, 0) is 40.9 Å². The molecule has 2 atom stereocenters. The van der Waals surface area contributed by atoms with E-state index in [4.69, 9.17) is 9.47 Å². The van der Waals surface area contributed by atoms with Gasteiger partial charge >= 0.3 is 26.4 Å². The van der Waals surface area contributed by atoms with Gasteiger partial charge < -0.3 is 19.7 Å². The molecule has 1 aliphatic rings. The van der Waals surface area contributed by atoms with E-state index in [9.17, 15) is 16.4 Å². The SMILES string of the molecule is OC(c1ccccc1)(c1ccccc1)[C@@H]1OC(c2cccc3ccccc23)O[C@H]1C(O)(c1ccccc1)c1ccccc1.[F][Ti][F]. The summed E-state index contributed by atoms with van der Waals surface area (Å²) in [7, 11) is 0. The van der Waals surface area contributed by atoms with Crippen molar-refractivity contribution >= 4 is 10.8 Å². The number of ether oxygens (including phenoxy) is 2. The molecule has 46 heavy (non-hydrogen) atoms. The van der Waals surface area contributed by atoms with Crippen LogP contribution in [0.2, 0.25) is 0 Å². The van der Waals surface area contributed by atoms with Crippen LogP contribution in [0.3, 0.4) is 0 Å². The molecule has 1 aliphatic heterocycles. The first-order valence-electron chi connectivity index (χ1n) is 14.9. The number of fused-ring (bicyclic) bond motifs is 1. The minimum absolute atomic E-state index is 0.641. The molecular weight excluding hydrogens is 618 g/mol. The van der Waals surface area contributed by atoms with Crippen LogP contribution in [-0.4, -0.2) is 22.4 Å². The van der Waals surface area contributed by atoms with Gasteiger partial charge in [-0.15, -0.1) is 0 Å². The van der Waals surface area contributed by atoms with E-state index >= 15 is 0 Å². The second-order valence-corrected chi connectivity index (χ2v) is 11.3. The molecule has 0 spiro atoms. The monoisotopic (exact) mass is 650 g/mol. The Kier molecular flexibility index (Phi) is 9.85. The van der Waals surface area contributed by atoms with Crippen LogP contribution < -0.4 is 0 Å². The molecule has 0 saturated carbocycles. The molecule has 1 heterocycles. The number of rotatable bonds is 7. The van der Waals surface area contributed by atoms with Crippen LogP contribution in [0, 0.1) is 0 Å². The maximum absolute atomic E-state index is 13.0. The standard InChI is InChI=1S/C39H32O4.2FH.Ti/c40-38(29-18-5-1-6-19-29,30-20-7-2-8-21-30)35-36(39(41,31-22-9-3-10-23-31)32-24-11-4-12-25-32)43-37(42-35)34-27-15-17-28-16-13-14-26-33(28)34;;;/h1-27,35-37,40-41H;2*1H;/q;;;+2/p-2/t35-,36-;;;/m1.../s1. The van der Waals surface area contributed by atoms with Crippen LogP contribution in [0.1, 0.15) is 34.1 Å². The number of benzene rings is 6. The summed E-state index contributed by atoms with van der Waals surface area (Å²) in [6.45, 7) is 0. The van der Waals surface area contributed by atoms with Crippen molar-refractivity contribution in [3.05, 3.63) is 192 Å². The van der Waals surface area contributed by atoms with E-state index in [-0.39, 0.29) is 0 Å². The zero-order valence-electron chi connectivity index (χ0n) is 24.8. The van der Waals surface area contributed by atoms with Gasteiger partial charge in [-0.25, -0.2) is 0 Å². The quantitative estimate of drug-likeness (QED) is 0.171. The summed E-state index contributed by atoms with van der Waals surface area (Å²) in [6.07, 6.45) is -2.91. The van der Waals surface area contributed by atoms with Crippen LogP contribution in [0.4, 0.5) is 6.18 Å². The molecule has 0 aliphatic carbocycles. The first kappa shape index (κ1) is 32.0. The van der Waals surface area contributed by atoms with Gasteiger partial charge in [0.1, 0.15) is 23.4 Å². The molecule has 7 heteroatoms. The first-order valence-corrected chi connectivity index (χ1v) is 16.1. The average Bonchev–Trinajstić information content (AvgIpc) is 3.59. The predicted molar refractivity (Wildman–Crippen MR) is 170 cm³/mol. The van der Waals surface area contributed by atoms with Crippen molar-refractivity contribution in [1.29, 1.82) is 0 Å². The Bertz CT molecular complexity index is 1660. The van der Waals surface area contributed by atoms with Crippen LogP contribution >= 0.6 is 0 Å². The molecule has 2 N–H and O–H groups in total. The molecule has 6 aromatic carbocycles. The third-order valence-corrected chi connectivity index (χ3v) is 8.57. The van der Waals surface area contributed by atoms with Gasteiger partial charge in [-0.2, -0.15) is 0 Å². The number of aliphatic hydroxyl groups is 2. The summed E-state index contributed by atoms with van der Waals surface area (Å²) < 4.78 is 33.3. The van der Waals surface area contributed by atoms with E-state index < -0.39 is 49.9 Å². The van der Waals surface area contributed by atoms with Gasteiger partial charge in [0.05, 0.1) is 0 Å². The molecule has 0 aromatic heterocycles. The second-order valence-electron chi connectivity index (χ2n) is 11.1. The van der Waals surface area contributed by atoms with Crippen LogP contribution in [0.15, 0.2) is 164 Å². The second kappa shape index (κ2) is 14.2. The summed E-state index contributed by atoms with van der Waals surface area (Å²) in [5.74, 6) is 0. The number of halogens is 2. The molecule has 1 fully saturated rings. The third-order valence-electron chi connectivity index (χ3n) is 8.57. The number of hydrogen-bond donors (Lipinski definition) is 2. The summed E-state index contributed by atoms with van der Waals surface area (Å²) in [5, 5.41) is 28.1. The average molecular weight is 651 g/mol. The van der Waals surface area contributed by atoms with Crippen molar-refractivity contribution in [3.63, 3.8) is 0 Å². The van der Waals surface area contributed by atoms with E-state index in [0.29, 0.717) is 22.3 Å². The van der Waals surface area contributed by atoms with Crippen molar-refractivity contribution in [1.82, 2.24) is 0 Å². The van der Waals surface area contributed by atoms with Gasteiger partial charge in [-0.3, -0.25) is 0 Å². The topological polar surface area (TPSA) is 58.9 Å². The molecule has 0 bridgehead atoms.